The lowest BCUT2D eigenvalue weighted by Crippen LogP contribution is -2.47. The Labute approximate surface area is 258 Å². The van der Waals surface area contributed by atoms with Crippen molar-refractivity contribution in [3.63, 3.8) is 0 Å². The maximum Gasteiger partial charge on any atom is 0.303 e. The van der Waals surface area contributed by atoms with Crippen molar-refractivity contribution in [2.45, 2.75) is 62.5 Å². The number of nitrogens with zero attached hydrogens (tertiary/aromatic N) is 1. The van der Waals surface area contributed by atoms with Crippen molar-refractivity contribution in [2.24, 2.45) is 5.92 Å². The van der Waals surface area contributed by atoms with Gasteiger partial charge in [-0.3, -0.25) is 4.79 Å². The second-order valence-electron chi connectivity index (χ2n) is 11.8. The minimum atomic E-state index is -4.11. The van der Waals surface area contributed by atoms with Gasteiger partial charge in [-0.25, -0.2) is 8.42 Å². The molecule has 42 heavy (non-hydrogen) atoms. The molecule has 10 heteroatoms. The number of halogens is 2. The summed E-state index contributed by atoms with van der Waals surface area (Å²) in [6, 6.07) is 18.9. The summed E-state index contributed by atoms with van der Waals surface area (Å²) >= 11 is 13.0. The summed E-state index contributed by atoms with van der Waals surface area (Å²) in [5.41, 5.74) is 4.75. The number of benzene rings is 3. The smallest absolute Gasteiger partial charge is 0.303 e. The minimum Gasteiger partial charge on any atom is -0.481 e. The Bertz CT molecular complexity index is 1500. The molecule has 226 valence electrons. The van der Waals surface area contributed by atoms with Crippen LogP contribution >= 0.6 is 23.2 Å². The van der Waals surface area contributed by atoms with Crippen LogP contribution in [-0.4, -0.2) is 60.7 Å². The van der Waals surface area contributed by atoms with Crippen LogP contribution in [0, 0.1) is 5.92 Å². The average molecular weight is 634 g/mol. The van der Waals surface area contributed by atoms with E-state index in [1.807, 2.05) is 18.2 Å². The summed E-state index contributed by atoms with van der Waals surface area (Å²) in [7, 11) is -2.71. The molecule has 0 heterocycles. The Morgan fingerprint density at radius 3 is 2.24 bits per heavy atom. The number of likely N-dealkylation sites (N-methyl/N-ethyl adjacent to an activating group) is 1. The third-order valence-corrected chi connectivity index (χ3v) is 10.5. The number of fused-ring (bicyclic) bond motifs is 1. The predicted octanol–water partition coefficient (Wildman–Crippen LogP) is 5.83. The minimum absolute atomic E-state index is 0.00264. The van der Waals surface area contributed by atoms with Gasteiger partial charge in [-0.15, -0.1) is 0 Å². The zero-order valence-electron chi connectivity index (χ0n) is 24.1. The van der Waals surface area contributed by atoms with Gasteiger partial charge >= 0.3 is 5.97 Å². The number of aliphatic hydroxyl groups excluding tert-OH is 1. The van der Waals surface area contributed by atoms with Crippen LogP contribution in [0.15, 0.2) is 65.6 Å². The fourth-order valence-electron chi connectivity index (χ4n) is 5.73. The van der Waals surface area contributed by atoms with Crippen LogP contribution < -0.4 is 5.32 Å². The van der Waals surface area contributed by atoms with E-state index in [2.05, 4.69) is 43.4 Å². The molecule has 0 spiro atoms. The molecule has 0 bridgehead atoms. The van der Waals surface area contributed by atoms with E-state index in [0.29, 0.717) is 17.9 Å². The molecule has 1 atom stereocenters. The predicted molar refractivity (Wildman–Crippen MR) is 168 cm³/mol. The van der Waals surface area contributed by atoms with E-state index in [-0.39, 0.29) is 40.0 Å². The quantitative estimate of drug-likeness (QED) is 0.219. The highest BCUT2D eigenvalue weighted by molar-refractivity contribution is 7.89. The van der Waals surface area contributed by atoms with E-state index in [0.717, 1.165) is 34.7 Å². The van der Waals surface area contributed by atoms with Crippen molar-refractivity contribution in [1.82, 2.24) is 9.62 Å². The molecule has 0 aliphatic heterocycles. The second-order valence-corrected chi connectivity index (χ2v) is 14.6. The first-order valence-electron chi connectivity index (χ1n) is 14.0. The third-order valence-electron chi connectivity index (χ3n) is 7.77. The number of β-amino-alcohol motifs (C(OH)–C–C–N with tert-alkyl or cyclic N) is 1. The molecule has 0 aromatic heterocycles. The molecule has 0 unspecified atom stereocenters. The molecule has 1 aliphatic rings. The molecule has 0 amide bonds. The zero-order valence-corrected chi connectivity index (χ0v) is 26.4. The van der Waals surface area contributed by atoms with Crippen LogP contribution in [0.3, 0.4) is 0 Å². The lowest BCUT2D eigenvalue weighted by Gasteiger charge is -2.31. The summed E-state index contributed by atoms with van der Waals surface area (Å²) in [5.74, 6) is -0.366. The highest BCUT2D eigenvalue weighted by atomic mass is 35.5. The summed E-state index contributed by atoms with van der Waals surface area (Å²) < 4.78 is 28.0. The molecule has 4 rings (SSSR count). The number of hydrogen-bond acceptors (Lipinski definition) is 5. The molecule has 7 nitrogen and oxygen atoms in total. The fraction of sp³-hybridized carbons (Fsp3) is 0.406. The number of sulfonamides is 1. The van der Waals surface area contributed by atoms with Crippen LogP contribution in [-0.2, 0) is 34.1 Å². The third kappa shape index (κ3) is 8.13. The van der Waals surface area contributed by atoms with Crippen molar-refractivity contribution < 1.29 is 23.4 Å². The molecule has 1 aliphatic carbocycles. The first-order chi connectivity index (χ1) is 19.7. The van der Waals surface area contributed by atoms with Gasteiger partial charge in [0.1, 0.15) is 4.90 Å². The van der Waals surface area contributed by atoms with E-state index in [4.69, 9.17) is 28.3 Å². The van der Waals surface area contributed by atoms with Gasteiger partial charge in [-0.2, -0.15) is 4.31 Å². The van der Waals surface area contributed by atoms with Crippen molar-refractivity contribution in [1.29, 1.82) is 0 Å². The molecule has 3 N–H and O–H groups in total. The Balaban J connectivity index is 1.38. The standard InChI is InChI=1S/C32H38Cl2N2O5S/c1-32(2,18-22-14-23-8-4-5-9-24(23)15-22)35-19-27(37)20-36(3)42(40,41)31-28(33)16-26(17-29(31)34)25-10-6-7-21(13-25)11-12-30(38)39/h4-10,13,16-17,22,27,35,37H,11-12,14-15,18-20H2,1-3H3,(H,38,39)/t27-/m1/s1. The largest absolute Gasteiger partial charge is 0.481 e. The zero-order chi connectivity index (χ0) is 30.7. The first kappa shape index (κ1) is 32.5. The lowest BCUT2D eigenvalue weighted by atomic mass is 9.88. The highest BCUT2D eigenvalue weighted by Gasteiger charge is 2.31. The van der Waals surface area contributed by atoms with Gasteiger partial charge in [0.05, 0.1) is 16.1 Å². The van der Waals surface area contributed by atoms with E-state index in [1.165, 1.54) is 30.3 Å². The Morgan fingerprint density at radius 2 is 1.64 bits per heavy atom. The van der Waals surface area contributed by atoms with Crippen LogP contribution in [0.25, 0.3) is 11.1 Å². The number of aliphatic hydroxyl groups is 1. The molecular formula is C32H38Cl2N2O5S. The van der Waals surface area contributed by atoms with Crippen LogP contribution in [0.5, 0.6) is 0 Å². The number of rotatable bonds is 13. The van der Waals surface area contributed by atoms with Gasteiger partial charge in [0.2, 0.25) is 10.0 Å². The number of carboxylic acid groups (broad SMARTS) is 1. The van der Waals surface area contributed by atoms with Gasteiger partial charge in [0.25, 0.3) is 0 Å². The molecule has 0 saturated carbocycles. The van der Waals surface area contributed by atoms with Crippen molar-refractivity contribution in [2.75, 3.05) is 20.1 Å². The Kier molecular flexibility index (Phi) is 10.4. The van der Waals surface area contributed by atoms with Crippen LogP contribution in [0.1, 0.15) is 43.4 Å². The first-order valence-corrected chi connectivity index (χ1v) is 16.2. The SMILES string of the molecule is CN(C[C@H](O)CNC(C)(C)CC1Cc2ccccc2C1)S(=O)(=O)c1c(Cl)cc(-c2cccc(CCC(=O)O)c2)cc1Cl. The van der Waals surface area contributed by atoms with Crippen molar-refractivity contribution >= 4 is 39.2 Å². The van der Waals surface area contributed by atoms with E-state index in [9.17, 15) is 18.3 Å². The summed E-state index contributed by atoms with van der Waals surface area (Å²) in [5, 5.41) is 23.1. The van der Waals surface area contributed by atoms with Gasteiger partial charge in [0, 0.05) is 32.1 Å². The normalized spacial score (nSPS) is 14.7. The van der Waals surface area contributed by atoms with Gasteiger partial charge in [0.15, 0.2) is 0 Å². The summed E-state index contributed by atoms with van der Waals surface area (Å²) in [4.78, 5) is 10.7. The van der Waals surface area contributed by atoms with Gasteiger partial charge in [-0.1, -0.05) is 71.7 Å². The second kappa shape index (κ2) is 13.5. The molecular weight excluding hydrogens is 595 g/mol. The topological polar surface area (TPSA) is 107 Å². The van der Waals surface area contributed by atoms with E-state index >= 15 is 0 Å². The van der Waals surface area contributed by atoms with E-state index < -0.39 is 22.1 Å². The van der Waals surface area contributed by atoms with Crippen molar-refractivity contribution in [3.8, 4) is 11.1 Å². The summed E-state index contributed by atoms with van der Waals surface area (Å²) in [6.45, 7) is 4.30. The number of aliphatic carboxylic acids is 1. The maximum absolute atomic E-state index is 13.5. The fourth-order valence-corrected chi connectivity index (χ4v) is 8.09. The molecule has 3 aromatic carbocycles. The monoisotopic (exact) mass is 632 g/mol. The lowest BCUT2D eigenvalue weighted by molar-refractivity contribution is -0.136. The van der Waals surface area contributed by atoms with Crippen molar-refractivity contribution in [3.05, 3.63) is 87.4 Å². The molecule has 0 radical (unpaired) electrons. The Morgan fingerprint density at radius 1 is 1.02 bits per heavy atom. The Hall–Kier alpha value is -2.46. The highest BCUT2D eigenvalue weighted by Crippen LogP contribution is 2.37. The van der Waals surface area contributed by atoms with Gasteiger partial charge in [-0.05, 0) is 85.4 Å². The van der Waals surface area contributed by atoms with Crippen LogP contribution in [0.2, 0.25) is 10.0 Å². The average Bonchev–Trinajstić information content (AvgIpc) is 3.32. The maximum atomic E-state index is 13.5. The molecule has 0 fully saturated rings. The number of hydrogen-bond donors (Lipinski definition) is 3. The number of carboxylic acids is 1. The van der Waals surface area contributed by atoms with E-state index in [1.54, 1.807) is 6.07 Å². The summed E-state index contributed by atoms with van der Waals surface area (Å²) in [6.07, 6.45) is 2.44. The number of aryl methyl sites for hydroxylation is 1. The van der Waals surface area contributed by atoms with Crippen LogP contribution in [0.4, 0.5) is 0 Å². The van der Waals surface area contributed by atoms with Gasteiger partial charge < -0.3 is 15.5 Å². The molecule has 3 aromatic rings. The number of nitrogens with one attached hydrogen (secondary N) is 1. The molecule has 0 saturated heterocycles. The number of carbonyl (C=O) groups is 1.